The van der Waals surface area contributed by atoms with Crippen LogP contribution in [0.1, 0.15) is 87.5 Å². The summed E-state index contributed by atoms with van der Waals surface area (Å²) in [6.45, 7) is 5.73. The zero-order chi connectivity index (χ0) is 43.6. The monoisotopic (exact) mass is 862 g/mol. The number of hydrogen-bond donors (Lipinski definition) is 3. The van der Waals surface area contributed by atoms with Gasteiger partial charge in [0.1, 0.15) is 18.8 Å². The number of nitrogens with zero attached hydrogens (tertiary/aromatic N) is 1. The zero-order valence-electron chi connectivity index (χ0n) is 34.7. The van der Waals surface area contributed by atoms with Gasteiger partial charge in [0.05, 0.1) is 30.4 Å². The van der Waals surface area contributed by atoms with Gasteiger partial charge in [-0.2, -0.15) is 0 Å². The van der Waals surface area contributed by atoms with Crippen LogP contribution in [0, 0.1) is 0 Å². The fourth-order valence-corrected chi connectivity index (χ4v) is 8.66. The maximum atomic E-state index is 12.4. The number of likely N-dealkylation sites (tertiary alicyclic amines) is 1. The van der Waals surface area contributed by atoms with Gasteiger partial charge in [-0.3, -0.25) is 24.1 Å². The fraction of sp³-hybridized carbons (Fsp3) is 0.489. The molecular weight excluding hydrogens is 809 g/mol. The van der Waals surface area contributed by atoms with E-state index in [0.717, 1.165) is 49.9 Å². The summed E-state index contributed by atoms with van der Waals surface area (Å²) in [7, 11) is 0. The molecule has 3 heterocycles. The first-order chi connectivity index (χ1) is 29.3. The van der Waals surface area contributed by atoms with Crippen LogP contribution in [0.2, 0.25) is 0 Å². The molecule has 3 aliphatic heterocycles. The molecule has 15 nitrogen and oxygen atoms in total. The number of thiocarbonyl (C=S) groups is 1. The van der Waals surface area contributed by atoms with Gasteiger partial charge < -0.3 is 48.7 Å². The van der Waals surface area contributed by atoms with Gasteiger partial charge in [0.15, 0.2) is 24.6 Å². The van der Waals surface area contributed by atoms with Crippen LogP contribution in [0.3, 0.4) is 0 Å². The van der Waals surface area contributed by atoms with E-state index < -0.39 is 66.8 Å². The minimum absolute atomic E-state index is 0.0273. The Kier molecular flexibility index (Phi) is 16.0. The molecule has 0 amide bonds. The van der Waals surface area contributed by atoms with Gasteiger partial charge >= 0.3 is 23.9 Å². The maximum absolute atomic E-state index is 12.4. The molecule has 328 valence electrons. The highest BCUT2D eigenvalue weighted by atomic mass is 32.1. The molecule has 6 rings (SSSR count). The number of anilines is 1. The molecule has 0 aliphatic carbocycles. The predicted molar refractivity (Wildman–Crippen MR) is 224 cm³/mol. The van der Waals surface area contributed by atoms with Gasteiger partial charge in [0, 0.05) is 63.9 Å². The first-order valence-electron chi connectivity index (χ1n) is 20.4. The lowest BCUT2D eigenvalue weighted by molar-refractivity contribution is -0.264. The Morgan fingerprint density at radius 1 is 0.738 bits per heavy atom. The first-order valence-corrected chi connectivity index (χ1v) is 20.8. The normalized spacial score (nSPS) is 27.7. The van der Waals surface area contributed by atoms with Crippen molar-refractivity contribution in [3.05, 3.63) is 101 Å². The van der Waals surface area contributed by atoms with Gasteiger partial charge in [-0.05, 0) is 48.2 Å². The van der Waals surface area contributed by atoms with E-state index in [0.29, 0.717) is 17.8 Å². The van der Waals surface area contributed by atoms with E-state index >= 15 is 0 Å². The Morgan fingerprint density at radius 2 is 1.39 bits per heavy atom. The average Bonchev–Trinajstić information content (AvgIpc) is 3.69. The number of esters is 4. The summed E-state index contributed by atoms with van der Waals surface area (Å²) in [6.07, 6.45) is -5.78. The van der Waals surface area contributed by atoms with Gasteiger partial charge in [-0.1, -0.05) is 78.9 Å². The quantitative estimate of drug-likeness (QED) is 0.107. The fourth-order valence-electron chi connectivity index (χ4n) is 8.38. The number of rotatable bonds is 15. The molecule has 61 heavy (non-hydrogen) atoms. The van der Waals surface area contributed by atoms with E-state index in [1.807, 2.05) is 66.7 Å². The second-order valence-corrected chi connectivity index (χ2v) is 16.0. The minimum Gasteiger partial charge on any atom is -0.463 e. The Balaban J connectivity index is 1.27. The largest absolute Gasteiger partial charge is 0.463 e. The van der Waals surface area contributed by atoms with Crippen LogP contribution in [0.5, 0.6) is 0 Å². The summed E-state index contributed by atoms with van der Waals surface area (Å²) < 4.78 is 42.1. The zero-order valence-corrected chi connectivity index (χ0v) is 35.5. The van der Waals surface area contributed by atoms with Crippen LogP contribution in [-0.4, -0.2) is 113 Å². The summed E-state index contributed by atoms with van der Waals surface area (Å²) >= 11 is 5.83. The Hall–Kier alpha value is -4.81. The third-order valence-corrected chi connectivity index (χ3v) is 11.3. The molecule has 3 N–H and O–H groups in total. The van der Waals surface area contributed by atoms with Crippen LogP contribution < -0.4 is 5.32 Å². The van der Waals surface area contributed by atoms with Gasteiger partial charge in [0.25, 0.3) is 0 Å². The number of carbonyl (C=O) groups excluding carboxylic acids is 4. The predicted octanol–water partition coefficient (Wildman–Crippen LogP) is 4.83. The summed E-state index contributed by atoms with van der Waals surface area (Å²) in [5.41, 5.74) is 4.04. The van der Waals surface area contributed by atoms with Crippen molar-refractivity contribution in [3.63, 3.8) is 0 Å². The molecule has 3 aliphatic rings. The SMILES string of the molecule is CC(=O)OC[C@H]1O[C@@H](CC(=S)Nc2cccc(C3O[C@H](CN4CCC[C@H]4CO)[C@@H](c4ccccc4)[C@H](c4ccc(CO)cc4)O3)c2)[C@H](OC(C)=O)[C@@H](OC(C)=O)[C@@H]1OC(C)=O. The van der Waals surface area contributed by atoms with Crippen molar-refractivity contribution in [2.45, 2.75) is 115 Å². The lowest BCUT2D eigenvalue weighted by Gasteiger charge is -2.44. The average molecular weight is 863 g/mol. The maximum Gasteiger partial charge on any atom is 0.303 e. The first kappa shape index (κ1) is 45.7. The standard InChI is InChI=1S/C45H54N2O13S/c1-26(50)54-25-38-43(56-28(3)52)44(57-29(4)53)42(55-27(2)51)36(58-38)21-39(61)46-34-13-8-12-33(20-34)45-59-37(22-47-19-9-14-35(47)24-49)40(31-10-6-5-7-11-31)41(60-45)32-17-15-30(23-48)16-18-32/h5-8,10-13,15-18,20,35-38,40-45,48-49H,9,14,19,21-25H2,1-4H3,(H,46,61)/t35-,36-,37+,38+,40+,41-,42-,43+,44+,45?/m0/s1. The number of nitrogens with one attached hydrogen (secondary N) is 1. The van der Waals surface area contributed by atoms with Crippen LogP contribution in [-0.2, 0) is 58.9 Å². The van der Waals surface area contributed by atoms with Crippen molar-refractivity contribution in [2.24, 2.45) is 0 Å². The summed E-state index contributed by atoms with van der Waals surface area (Å²) in [4.78, 5) is 51.2. The van der Waals surface area contributed by atoms with Crippen molar-refractivity contribution in [2.75, 3.05) is 31.6 Å². The lowest BCUT2D eigenvalue weighted by Crippen LogP contribution is -2.62. The molecule has 3 aromatic carbocycles. The highest BCUT2D eigenvalue weighted by molar-refractivity contribution is 7.80. The molecule has 0 bridgehead atoms. The molecule has 3 fully saturated rings. The van der Waals surface area contributed by atoms with Crippen molar-refractivity contribution >= 4 is 46.8 Å². The number of hydrogen-bond acceptors (Lipinski definition) is 15. The van der Waals surface area contributed by atoms with Crippen LogP contribution >= 0.6 is 12.2 Å². The van der Waals surface area contributed by atoms with Gasteiger partial charge in [-0.25, -0.2) is 0 Å². The molecule has 1 unspecified atom stereocenters. The van der Waals surface area contributed by atoms with Crippen molar-refractivity contribution in [1.29, 1.82) is 0 Å². The van der Waals surface area contributed by atoms with Gasteiger partial charge in [0.2, 0.25) is 0 Å². The third kappa shape index (κ3) is 12.0. The van der Waals surface area contributed by atoms with E-state index in [2.05, 4.69) is 22.3 Å². The minimum atomic E-state index is -1.31. The Morgan fingerprint density at radius 3 is 2.03 bits per heavy atom. The van der Waals surface area contributed by atoms with Gasteiger partial charge in [-0.15, -0.1) is 0 Å². The van der Waals surface area contributed by atoms with Crippen LogP contribution in [0.25, 0.3) is 0 Å². The molecule has 0 spiro atoms. The number of benzene rings is 3. The van der Waals surface area contributed by atoms with E-state index in [9.17, 15) is 29.4 Å². The number of carbonyl (C=O) groups is 4. The summed E-state index contributed by atoms with van der Waals surface area (Å²) in [5.74, 6) is -2.99. The Labute approximate surface area is 360 Å². The number of aliphatic hydroxyl groups is 2. The summed E-state index contributed by atoms with van der Waals surface area (Å²) in [5, 5.41) is 23.3. The molecule has 3 aromatic rings. The molecule has 3 saturated heterocycles. The molecular formula is C45H54N2O13S. The third-order valence-electron chi connectivity index (χ3n) is 11.0. The number of aliphatic hydroxyl groups excluding tert-OH is 2. The number of ether oxygens (including phenoxy) is 7. The van der Waals surface area contributed by atoms with E-state index in [1.165, 1.54) is 13.8 Å². The topological polar surface area (TPSA) is 189 Å². The lowest BCUT2D eigenvalue weighted by atomic mass is 9.83. The van der Waals surface area contributed by atoms with E-state index in [-0.39, 0.29) is 49.3 Å². The van der Waals surface area contributed by atoms with Crippen LogP contribution in [0.15, 0.2) is 78.9 Å². The second-order valence-electron chi connectivity index (χ2n) is 15.5. The van der Waals surface area contributed by atoms with Crippen LogP contribution in [0.4, 0.5) is 5.69 Å². The summed E-state index contributed by atoms with van der Waals surface area (Å²) in [6, 6.07) is 25.3. The molecule has 0 saturated carbocycles. The van der Waals surface area contributed by atoms with Crippen molar-refractivity contribution in [3.8, 4) is 0 Å². The highest BCUT2D eigenvalue weighted by Crippen LogP contribution is 2.47. The molecule has 16 heteroatoms. The van der Waals surface area contributed by atoms with E-state index in [1.54, 1.807) is 0 Å². The molecule has 0 aromatic heterocycles. The van der Waals surface area contributed by atoms with E-state index in [4.69, 9.17) is 45.4 Å². The van der Waals surface area contributed by atoms with Crippen molar-refractivity contribution in [1.82, 2.24) is 4.90 Å². The Bertz CT molecular complexity index is 1980. The van der Waals surface area contributed by atoms with Crippen molar-refractivity contribution < 1.29 is 62.5 Å². The molecule has 10 atom stereocenters. The highest BCUT2D eigenvalue weighted by Gasteiger charge is 2.52. The molecule has 0 radical (unpaired) electrons. The second kappa shape index (κ2) is 21.3. The smallest absolute Gasteiger partial charge is 0.303 e.